The molecule has 0 radical (unpaired) electrons. The second-order valence-corrected chi connectivity index (χ2v) is 4.60. The summed E-state index contributed by atoms with van der Waals surface area (Å²) in [6, 6.07) is 0.478. The molecule has 0 aliphatic carbocycles. The van der Waals surface area contributed by atoms with E-state index in [9.17, 15) is 4.79 Å². The molecule has 0 aromatic heterocycles. The summed E-state index contributed by atoms with van der Waals surface area (Å²) >= 11 is 0. The minimum absolute atomic E-state index is 0.144. The first-order chi connectivity index (χ1) is 6.40. The standard InChI is InChI=1S/C11H24N2O/c1-6-11(4,5)10(14)13-8-7-12-9(2)3/h9,12H,6-8H2,1-5H3,(H,13,14). The molecule has 0 heterocycles. The second-order valence-electron chi connectivity index (χ2n) is 4.60. The van der Waals surface area contributed by atoms with Gasteiger partial charge in [-0.2, -0.15) is 0 Å². The van der Waals surface area contributed by atoms with Gasteiger partial charge in [0.05, 0.1) is 0 Å². The van der Waals surface area contributed by atoms with Crippen LogP contribution in [-0.4, -0.2) is 25.0 Å². The number of amides is 1. The zero-order valence-corrected chi connectivity index (χ0v) is 10.1. The molecule has 0 aliphatic rings. The minimum Gasteiger partial charge on any atom is -0.354 e. The molecule has 0 fully saturated rings. The monoisotopic (exact) mass is 200 g/mol. The highest BCUT2D eigenvalue weighted by molar-refractivity contribution is 5.81. The van der Waals surface area contributed by atoms with Gasteiger partial charge >= 0.3 is 0 Å². The van der Waals surface area contributed by atoms with E-state index in [0.717, 1.165) is 13.0 Å². The first-order valence-corrected chi connectivity index (χ1v) is 5.42. The van der Waals surface area contributed by atoms with E-state index in [0.29, 0.717) is 12.6 Å². The minimum atomic E-state index is -0.238. The molecule has 0 rings (SSSR count). The van der Waals surface area contributed by atoms with Crippen LogP contribution in [-0.2, 0) is 4.79 Å². The summed E-state index contributed by atoms with van der Waals surface area (Å²) in [5.74, 6) is 0.144. The van der Waals surface area contributed by atoms with Crippen LogP contribution in [0, 0.1) is 5.41 Å². The molecule has 3 heteroatoms. The molecule has 0 aromatic rings. The largest absolute Gasteiger partial charge is 0.354 e. The Kier molecular flexibility index (Phi) is 5.77. The summed E-state index contributed by atoms with van der Waals surface area (Å²) in [5, 5.41) is 6.18. The third kappa shape index (κ3) is 5.22. The van der Waals surface area contributed by atoms with Crippen LogP contribution in [0.15, 0.2) is 0 Å². The average Bonchev–Trinajstić information content (AvgIpc) is 2.11. The highest BCUT2D eigenvalue weighted by atomic mass is 16.2. The fraction of sp³-hybridized carbons (Fsp3) is 0.909. The van der Waals surface area contributed by atoms with Crippen molar-refractivity contribution < 1.29 is 4.79 Å². The molecule has 0 unspecified atom stereocenters. The molecule has 0 saturated heterocycles. The van der Waals surface area contributed by atoms with Crippen molar-refractivity contribution in [3.63, 3.8) is 0 Å². The molecular weight excluding hydrogens is 176 g/mol. The van der Waals surface area contributed by atoms with Crippen LogP contribution in [0.1, 0.15) is 41.0 Å². The Morgan fingerprint density at radius 2 is 1.86 bits per heavy atom. The van der Waals surface area contributed by atoms with Crippen LogP contribution in [0.5, 0.6) is 0 Å². The fourth-order valence-electron chi connectivity index (χ4n) is 0.937. The Bertz CT molecular complexity index is 176. The van der Waals surface area contributed by atoms with Gasteiger partial charge in [0.25, 0.3) is 0 Å². The third-order valence-corrected chi connectivity index (χ3v) is 2.46. The first-order valence-electron chi connectivity index (χ1n) is 5.42. The Labute approximate surface area is 87.6 Å². The van der Waals surface area contributed by atoms with E-state index in [1.165, 1.54) is 0 Å². The highest BCUT2D eigenvalue weighted by Gasteiger charge is 2.24. The van der Waals surface area contributed by atoms with Gasteiger partial charge < -0.3 is 10.6 Å². The van der Waals surface area contributed by atoms with E-state index in [-0.39, 0.29) is 11.3 Å². The Morgan fingerprint density at radius 1 is 1.29 bits per heavy atom. The van der Waals surface area contributed by atoms with Gasteiger partial charge in [0.15, 0.2) is 0 Å². The topological polar surface area (TPSA) is 41.1 Å². The maximum absolute atomic E-state index is 11.6. The van der Waals surface area contributed by atoms with Crippen LogP contribution in [0.25, 0.3) is 0 Å². The normalized spacial score (nSPS) is 11.9. The average molecular weight is 200 g/mol. The van der Waals surface area contributed by atoms with Crippen LogP contribution >= 0.6 is 0 Å². The SMILES string of the molecule is CCC(C)(C)C(=O)NCCNC(C)C. The summed E-state index contributed by atoms with van der Waals surface area (Å²) in [5.41, 5.74) is -0.238. The van der Waals surface area contributed by atoms with Crippen LogP contribution in [0.3, 0.4) is 0 Å². The lowest BCUT2D eigenvalue weighted by atomic mass is 9.89. The van der Waals surface area contributed by atoms with E-state index in [1.54, 1.807) is 0 Å². The van der Waals surface area contributed by atoms with E-state index in [2.05, 4.69) is 24.5 Å². The molecule has 0 aliphatic heterocycles. The molecule has 14 heavy (non-hydrogen) atoms. The van der Waals surface area contributed by atoms with Crippen molar-refractivity contribution in [2.45, 2.75) is 47.1 Å². The fourth-order valence-corrected chi connectivity index (χ4v) is 0.937. The summed E-state index contributed by atoms with van der Waals surface area (Å²) in [6.45, 7) is 11.7. The van der Waals surface area contributed by atoms with Gasteiger partial charge in [0, 0.05) is 24.5 Å². The molecule has 3 nitrogen and oxygen atoms in total. The number of carbonyl (C=O) groups excluding carboxylic acids is 1. The lowest BCUT2D eigenvalue weighted by Gasteiger charge is -2.21. The Balaban J connectivity index is 3.64. The second kappa shape index (κ2) is 6.02. The van der Waals surface area contributed by atoms with Crippen molar-refractivity contribution >= 4 is 5.91 Å². The van der Waals surface area contributed by atoms with Crippen LogP contribution in [0.2, 0.25) is 0 Å². The van der Waals surface area contributed by atoms with Gasteiger partial charge in [-0.15, -0.1) is 0 Å². The van der Waals surface area contributed by atoms with Crippen LogP contribution in [0.4, 0.5) is 0 Å². The smallest absolute Gasteiger partial charge is 0.225 e. The van der Waals surface area contributed by atoms with Gasteiger partial charge in [0.1, 0.15) is 0 Å². The maximum Gasteiger partial charge on any atom is 0.225 e. The Hall–Kier alpha value is -0.570. The summed E-state index contributed by atoms with van der Waals surface area (Å²) in [7, 11) is 0. The van der Waals surface area contributed by atoms with E-state index < -0.39 is 0 Å². The number of hydrogen-bond donors (Lipinski definition) is 2. The maximum atomic E-state index is 11.6. The predicted molar refractivity (Wildman–Crippen MR) is 60.2 cm³/mol. The summed E-state index contributed by atoms with van der Waals surface area (Å²) in [6.07, 6.45) is 0.871. The molecule has 1 amide bonds. The first kappa shape index (κ1) is 13.4. The van der Waals surface area contributed by atoms with Crippen molar-refractivity contribution in [3.8, 4) is 0 Å². The number of carbonyl (C=O) groups is 1. The van der Waals surface area contributed by atoms with Crippen molar-refractivity contribution in [2.24, 2.45) is 5.41 Å². The van der Waals surface area contributed by atoms with Crippen LogP contribution < -0.4 is 10.6 Å². The quantitative estimate of drug-likeness (QED) is 0.639. The van der Waals surface area contributed by atoms with Gasteiger partial charge in [-0.05, 0) is 6.42 Å². The number of hydrogen-bond acceptors (Lipinski definition) is 2. The molecule has 2 N–H and O–H groups in total. The highest BCUT2D eigenvalue weighted by Crippen LogP contribution is 2.18. The van der Waals surface area contributed by atoms with E-state index in [1.807, 2.05) is 20.8 Å². The number of nitrogens with one attached hydrogen (secondary N) is 2. The van der Waals surface area contributed by atoms with Gasteiger partial charge in [0.2, 0.25) is 5.91 Å². The van der Waals surface area contributed by atoms with E-state index in [4.69, 9.17) is 0 Å². The third-order valence-electron chi connectivity index (χ3n) is 2.46. The van der Waals surface area contributed by atoms with Gasteiger partial charge in [-0.25, -0.2) is 0 Å². The Morgan fingerprint density at radius 3 is 2.29 bits per heavy atom. The summed E-state index contributed by atoms with van der Waals surface area (Å²) in [4.78, 5) is 11.6. The molecule has 0 spiro atoms. The van der Waals surface area contributed by atoms with Gasteiger partial charge in [-0.1, -0.05) is 34.6 Å². The van der Waals surface area contributed by atoms with E-state index >= 15 is 0 Å². The predicted octanol–water partition coefficient (Wildman–Crippen LogP) is 1.54. The summed E-state index contributed by atoms with van der Waals surface area (Å²) < 4.78 is 0. The van der Waals surface area contributed by atoms with Crippen molar-refractivity contribution in [1.82, 2.24) is 10.6 Å². The van der Waals surface area contributed by atoms with Crippen molar-refractivity contribution in [1.29, 1.82) is 0 Å². The molecule has 0 saturated carbocycles. The lowest BCUT2D eigenvalue weighted by Crippen LogP contribution is -2.40. The number of rotatable bonds is 6. The molecule has 0 bridgehead atoms. The van der Waals surface area contributed by atoms with Gasteiger partial charge in [-0.3, -0.25) is 4.79 Å². The lowest BCUT2D eigenvalue weighted by molar-refractivity contribution is -0.129. The zero-order valence-electron chi connectivity index (χ0n) is 10.1. The van der Waals surface area contributed by atoms with Crippen molar-refractivity contribution in [2.75, 3.05) is 13.1 Å². The van der Waals surface area contributed by atoms with Crippen molar-refractivity contribution in [3.05, 3.63) is 0 Å². The molecular formula is C11H24N2O. The molecule has 0 atom stereocenters. The zero-order chi connectivity index (χ0) is 11.2. The molecule has 84 valence electrons. The molecule has 0 aromatic carbocycles.